The molecule has 21 heavy (non-hydrogen) atoms. The van der Waals surface area contributed by atoms with Gasteiger partial charge < -0.3 is 10.6 Å². The van der Waals surface area contributed by atoms with E-state index in [-0.39, 0.29) is 4.90 Å². The van der Waals surface area contributed by atoms with E-state index in [1.54, 1.807) is 12.1 Å². The molecule has 1 unspecified atom stereocenters. The normalized spacial score (nSPS) is 20.6. The van der Waals surface area contributed by atoms with Crippen LogP contribution in [-0.4, -0.2) is 21.5 Å². The Balaban J connectivity index is 2.30. The van der Waals surface area contributed by atoms with Crippen molar-refractivity contribution in [2.45, 2.75) is 38.0 Å². The molecule has 5 nitrogen and oxygen atoms in total. The molecule has 1 atom stereocenters. The molecule has 1 aromatic carbocycles. The summed E-state index contributed by atoms with van der Waals surface area (Å²) in [6.07, 6.45) is 3.33. The molecular formula is C15H25N3O2S. The summed E-state index contributed by atoms with van der Waals surface area (Å²) in [6.45, 7) is 6.21. The molecule has 6 heteroatoms. The molecule has 1 heterocycles. The van der Waals surface area contributed by atoms with Crippen molar-refractivity contribution in [3.05, 3.63) is 18.2 Å². The molecule has 0 amide bonds. The summed E-state index contributed by atoms with van der Waals surface area (Å²) in [5.74, 6) is 1.36. The van der Waals surface area contributed by atoms with Crippen molar-refractivity contribution < 1.29 is 8.42 Å². The van der Waals surface area contributed by atoms with Gasteiger partial charge in [0.1, 0.15) is 4.90 Å². The Morgan fingerprint density at radius 1 is 1.24 bits per heavy atom. The number of primary sulfonamides is 1. The Hall–Kier alpha value is -1.27. The number of benzene rings is 1. The maximum atomic E-state index is 11.8. The number of nitrogen functional groups attached to an aromatic ring is 1. The highest BCUT2D eigenvalue weighted by atomic mass is 32.2. The van der Waals surface area contributed by atoms with Gasteiger partial charge in [-0.3, -0.25) is 0 Å². The summed E-state index contributed by atoms with van der Waals surface area (Å²) in [6, 6.07) is 4.95. The standard InChI is InChI=1S/C15H25N3O2S/c1-11(2)12-4-3-8-18(9-7-12)14-6-5-13(16)10-15(14)21(17,19)20/h5-6,10-12H,3-4,7-9,16H2,1-2H3,(H2,17,19,20). The lowest BCUT2D eigenvalue weighted by Gasteiger charge is -2.25. The quantitative estimate of drug-likeness (QED) is 0.837. The Labute approximate surface area is 127 Å². The van der Waals surface area contributed by atoms with Gasteiger partial charge in [0.2, 0.25) is 10.0 Å². The van der Waals surface area contributed by atoms with E-state index in [4.69, 9.17) is 10.9 Å². The van der Waals surface area contributed by atoms with Crippen molar-refractivity contribution >= 4 is 21.4 Å². The summed E-state index contributed by atoms with van der Waals surface area (Å²) >= 11 is 0. The molecule has 1 fully saturated rings. The Bertz CT molecular complexity index is 599. The van der Waals surface area contributed by atoms with Gasteiger partial charge in [0, 0.05) is 18.8 Å². The first-order valence-electron chi connectivity index (χ1n) is 7.46. The number of rotatable bonds is 3. The molecule has 0 radical (unpaired) electrons. The van der Waals surface area contributed by atoms with Crippen LogP contribution in [0.15, 0.2) is 23.1 Å². The summed E-state index contributed by atoms with van der Waals surface area (Å²) in [4.78, 5) is 2.26. The van der Waals surface area contributed by atoms with Gasteiger partial charge in [0.15, 0.2) is 0 Å². The molecule has 0 bridgehead atoms. The molecule has 4 N–H and O–H groups in total. The van der Waals surface area contributed by atoms with E-state index in [1.165, 1.54) is 12.5 Å². The number of nitrogens with zero attached hydrogens (tertiary/aromatic N) is 1. The maximum absolute atomic E-state index is 11.8. The molecule has 1 saturated heterocycles. The molecule has 0 saturated carbocycles. The predicted molar refractivity (Wildman–Crippen MR) is 86.6 cm³/mol. The van der Waals surface area contributed by atoms with E-state index in [2.05, 4.69) is 18.7 Å². The Kier molecular flexibility index (Phi) is 4.78. The SMILES string of the molecule is CC(C)C1CCCN(c2ccc(N)cc2S(N)(=O)=O)CC1. The minimum atomic E-state index is -3.77. The zero-order valence-corrected chi connectivity index (χ0v) is 13.6. The van der Waals surface area contributed by atoms with Crippen LogP contribution >= 0.6 is 0 Å². The zero-order valence-electron chi connectivity index (χ0n) is 12.7. The molecule has 0 aliphatic carbocycles. The second-order valence-electron chi connectivity index (χ2n) is 6.19. The molecule has 1 aliphatic rings. The van der Waals surface area contributed by atoms with Crippen LogP contribution in [0.4, 0.5) is 11.4 Å². The van der Waals surface area contributed by atoms with Crippen LogP contribution in [0.25, 0.3) is 0 Å². The third-order valence-electron chi connectivity index (χ3n) is 4.35. The van der Waals surface area contributed by atoms with Gasteiger partial charge in [-0.15, -0.1) is 0 Å². The van der Waals surface area contributed by atoms with Gasteiger partial charge in [0.05, 0.1) is 5.69 Å². The van der Waals surface area contributed by atoms with Gasteiger partial charge in [-0.05, 0) is 49.3 Å². The first-order valence-corrected chi connectivity index (χ1v) is 9.01. The largest absolute Gasteiger partial charge is 0.399 e. The lowest BCUT2D eigenvalue weighted by molar-refractivity contribution is 0.351. The Morgan fingerprint density at radius 2 is 1.95 bits per heavy atom. The average molecular weight is 311 g/mol. The molecular weight excluding hydrogens is 286 g/mol. The third kappa shape index (κ3) is 3.89. The van der Waals surface area contributed by atoms with Crippen molar-refractivity contribution in [2.75, 3.05) is 23.7 Å². The first kappa shape index (κ1) is 16.1. The van der Waals surface area contributed by atoms with Crippen LogP contribution < -0.4 is 15.8 Å². The van der Waals surface area contributed by atoms with Crippen molar-refractivity contribution in [2.24, 2.45) is 17.0 Å². The van der Waals surface area contributed by atoms with E-state index in [0.717, 1.165) is 25.9 Å². The minimum Gasteiger partial charge on any atom is -0.399 e. The summed E-state index contributed by atoms with van der Waals surface area (Å²) in [5, 5.41) is 5.34. The van der Waals surface area contributed by atoms with Crippen molar-refractivity contribution in [1.82, 2.24) is 0 Å². The highest BCUT2D eigenvalue weighted by Gasteiger charge is 2.23. The highest BCUT2D eigenvalue weighted by molar-refractivity contribution is 7.89. The molecule has 1 aliphatic heterocycles. The fourth-order valence-electron chi connectivity index (χ4n) is 3.05. The molecule has 0 aromatic heterocycles. The van der Waals surface area contributed by atoms with Gasteiger partial charge in [-0.25, -0.2) is 13.6 Å². The molecule has 2 rings (SSSR count). The average Bonchev–Trinajstić information content (AvgIpc) is 2.63. The fourth-order valence-corrected chi connectivity index (χ4v) is 3.84. The number of nitrogens with two attached hydrogens (primary N) is 2. The van der Waals surface area contributed by atoms with Crippen LogP contribution in [0.1, 0.15) is 33.1 Å². The first-order chi connectivity index (χ1) is 9.79. The third-order valence-corrected chi connectivity index (χ3v) is 5.29. The molecule has 118 valence electrons. The summed E-state index contributed by atoms with van der Waals surface area (Å²) in [7, 11) is -3.77. The van der Waals surface area contributed by atoms with Gasteiger partial charge >= 0.3 is 0 Å². The van der Waals surface area contributed by atoms with Gasteiger partial charge in [-0.2, -0.15) is 0 Å². The molecule has 0 spiro atoms. The van der Waals surface area contributed by atoms with E-state index < -0.39 is 10.0 Å². The number of hydrogen-bond acceptors (Lipinski definition) is 4. The summed E-state index contributed by atoms with van der Waals surface area (Å²) in [5.41, 5.74) is 6.80. The summed E-state index contributed by atoms with van der Waals surface area (Å²) < 4.78 is 23.6. The van der Waals surface area contributed by atoms with Crippen LogP contribution in [-0.2, 0) is 10.0 Å². The van der Waals surface area contributed by atoms with E-state index in [0.29, 0.717) is 23.2 Å². The maximum Gasteiger partial charge on any atom is 0.240 e. The van der Waals surface area contributed by atoms with Crippen molar-refractivity contribution in [1.29, 1.82) is 0 Å². The smallest absolute Gasteiger partial charge is 0.240 e. The van der Waals surface area contributed by atoms with Crippen molar-refractivity contribution in [3.8, 4) is 0 Å². The topological polar surface area (TPSA) is 89.4 Å². The van der Waals surface area contributed by atoms with Crippen LogP contribution in [0.2, 0.25) is 0 Å². The van der Waals surface area contributed by atoms with E-state index in [1.807, 2.05) is 0 Å². The number of sulfonamides is 1. The number of anilines is 2. The van der Waals surface area contributed by atoms with E-state index in [9.17, 15) is 8.42 Å². The lowest BCUT2D eigenvalue weighted by atomic mass is 9.89. The molecule has 1 aromatic rings. The van der Waals surface area contributed by atoms with E-state index >= 15 is 0 Å². The highest BCUT2D eigenvalue weighted by Crippen LogP contribution is 2.31. The zero-order chi connectivity index (χ0) is 15.6. The van der Waals surface area contributed by atoms with Gasteiger partial charge in [-0.1, -0.05) is 13.8 Å². The second-order valence-corrected chi connectivity index (χ2v) is 7.72. The minimum absolute atomic E-state index is 0.130. The fraction of sp³-hybridized carbons (Fsp3) is 0.600. The van der Waals surface area contributed by atoms with Crippen LogP contribution in [0.3, 0.4) is 0 Å². The van der Waals surface area contributed by atoms with Crippen LogP contribution in [0, 0.1) is 11.8 Å². The predicted octanol–water partition coefficient (Wildman–Crippen LogP) is 2.18. The second kappa shape index (κ2) is 6.23. The number of hydrogen-bond donors (Lipinski definition) is 2. The monoisotopic (exact) mass is 311 g/mol. The van der Waals surface area contributed by atoms with Gasteiger partial charge in [0.25, 0.3) is 0 Å². The Morgan fingerprint density at radius 3 is 2.57 bits per heavy atom. The lowest BCUT2D eigenvalue weighted by Crippen LogP contribution is -2.27. The van der Waals surface area contributed by atoms with Crippen LogP contribution in [0.5, 0.6) is 0 Å². The van der Waals surface area contributed by atoms with Crippen molar-refractivity contribution in [3.63, 3.8) is 0 Å².